The molecule has 0 unspecified atom stereocenters. The van der Waals surface area contributed by atoms with Crippen LogP contribution < -0.4 is 14.2 Å². The number of allylic oxidation sites excluding steroid dienone is 2. The molecular weight excluding hydrogens is 404 g/mol. The van der Waals surface area contributed by atoms with E-state index in [1.54, 1.807) is 31.4 Å². The zero-order valence-electron chi connectivity index (χ0n) is 18.6. The number of rotatable bonds is 12. The average Bonchev–Trinajstić information content (AvgIpc) is 3.10. The van der Waals surface area contributed by atoms with Crippen molar-refractivity contribution in [1.29, 1.82) is 0 Å². The van der Waals surface area contributed by atoms with E-state index in [-0.39, 0.29) is 17.5 Å². The van der Waals surface area contributed by atoms with Crippen molar-refractivity contribution in [3.63, 3.8) is 0 Å². The molecule has 0 atom stereocenters. The molecule has 0 fully saturated rings. The molecule has 5 nitrogen and oxygen atoms in total. The molecule has 0 bridgehead atoms. The number of Topliss-reactive ketones (excluding diaryl/α,β-unsaturated/α-hetero) is 1. The Morgan fingerprint density at radius 3 is 2.56 bits per heavy atom. The van der Waals surface area contributed by atoms with E-state index in [1.807, 2.05) is 30.3 Å². The zero-order chi connectivity index (χ0) is 22.8. The molecule has 0 saturated carbocycles. The van der Waals surface area contributed by atoms with E-state index in [4.69, 9.17) is 14.2 Å². The molecule has 0 amide bonds. The van der Waals surface area contributed by atoms with Crippen LogP contribution in [0.4, 0.5) is 0 Å². The van der Waals surface area contributed by atoms with E-state index in [0.717, 1.165) is 31.2 Å². The van der Waals surface area contributed by atoms with Crippen molar-refractivity contribution in [1.82, 2.24) is 0 Å². The van der Waals surface area contributed by atoms with Crippen molar-refractivity contribution in [2.45, 2.75) is 51.4 Å². The smallest absolute Gasteiger partial charge is 0.311 e. The zero-order valence-corrected chi connectivity index (χ0v) is 18.6. The van der Waals surface area contributed by atoms with Gasteiger partial charge in [-0.1, -0.05) is 43.9 Å². The number of esters is 1. The van der Waals surface area contributed by atoms with Crippen molar-refractivity contribution < 1.29 is 23.8 Å². The summed E-state index contributed by atoms with van der Waals surface area (Å²) in [4.78, 5) is 24.9. The molecule has 0 aliphatic carbocycles. The Bertz CT molecular complexity index is 989. The molecule has 2 aromatic carbocycles. The van der Waals surface area contributed by atoms with E-state index in [2.05, 4.69) is 6.58 Å². The monoisotopic (exact) mass is 434 g/mol. The van der Waals surface area contributed by atoms with Gasteiger partial charge in [-0.15, -0.1) is 6.58 Å². The van der Waals surface area contributed by atoms with Gasteiger partial charge in [-0.3, -0.25) is 9.59 Å². The van der Waals surface area contributed by atoms with Gasteiger partial charge < -0.3 is 14.2 Å². The van der Waals surface area contributed by atoms with Crippen LogP contribution in [0.1, 0.15) is 67.3 Å². The summed E-state index contributed by atoms with van der Waals surface area (Å²) in [5, 5.41) is 0. The number of benzene rings is 2. The van der Waals surface area contributed by atoms with Crippen LogP contribution in [0.5, 0.6) is 17.2 Å². The molecule has 0 N–H and O–H groups in total. The van der Waals surface area contributed by atoms with Gasteiger partial charge in [-0.2, -0.15) is 0 Å². The Kier molecular flexibility index (Phi) is 8.67. The summed E-state index contributed by atoms with van der Waals surface area (Å²) in [5.74, 6) is 1.22. The normalized spacial score (nSPS) is 13.5. The summed E-state index contributed by atoms with van der Waals surface area (Å²) < 4.78 is 16.4. The van der Waals surface area contributed by atoms with Crippen molar-refractivity contribution in [2.75, 3.05) is 7.11 Å². The van der Waals surface area contributed by atoms with Gasteiger partial charge in [0.05, 0.1) is 12.7 Å². The van der Waals surface area contributed by atoms with Gasteiger partial charge in [0.1, 0.15) is 17.2 Å². The summed E-state index contributed by atoms with van der Waals surface area (Å²) >= 11 is 0. The summed E-state index contributed by atoms with van der Waals surface area (Å²) in [6.07, 6.45) is 11.6. The third-order valence-electron chi connectivity index (χ3n) is 5.30. The molecule has 2 aromatic rings. The molecule has 1 aliphatic rings. The predicted octanol–water partition coefficient (Wildman–Crippen LogP) is 6.52. The number of methoxy groups -OCH3 is 1. The van der Waals surface area contributed by atoms with Crippen LogP contribution in [0.15, 0.2) is 60.9 Å². The third-order valence-corrected chi connectivity index (χ3v) is 5.30. The summed E-state index contributed by atoms with van der Waals surface area (Å²) in [7, 11) is 1.59. The Hall–Kier alpha value is -3.34. The topological polar surface area (TPSA) is 61.8 Å². The Balaban J connectivity index is 1.50. The summed E-state index contributed by atoms with van der Waals surface area (Å²) in [6.45, 7) is 3.73. The number of ether oxygens (including phenoxy) is 3. The Morgan fingerprint density at radius 1 is 1.00 bits per heavy atom. The number of hydrogen-bond donors (Lipinski definition) is 0. The van der Waals surface area contributed by atoms with E-state index >= 15 is 0 Å². The SMILES string of the molecule is C=CCCCCCCCCC(=O)Oc1ccc2c(c1)C(=O)/C(=C/c1cccc(OC)c1)O2. The average molecular weight is 435 g/mol. The standard InChI is InChI=1S/C27H30O5/c1-3-4-5-6-7-8-9-10-14-26(28)31-22-15-16-24-23(19-22)27(29)25(32-24)18-20-12-11-13-21(17-20)30-2/h3,11-13,15-19H,1,4-10,14H2,2H3/b25-18-. The van der Waals surface area contributed by atoms with Gasteiger partial charge in [-0.05, 0) is 61.2 Å². The minimum Gasteiger partial charge on any atom is -0.497 e. The highest BCUT2D eigenvalue weighted by atomic mass is 16.5. The Labute approximate surface area is 189 Å². The molecule has 5 heteroatoms. The molecule has 168 valence electrons. The predicted molar refractivity (Wildman–Crippen MR) is 125 cm³/mol. The maximum Gasteiger partial charge on any atom is 0.311 e. The highest BCUT2D eigenvalue weighted by Gasteiger charge is 2.28. The molecule has 3 rings (SSSR count). The van der Waals surface area contributed by atoms with E-state index in [9.17, 15) is 9.59 Å². The minimum absolute atomic E-state index is 0.227. The lowest BCUT2D eigenvalue weighted by atomic mass is 10.1. The molecule has 1 heterocycles. The highest BCUT2D eigenvalue weighted by molar-refractivity contribution is 6.14. The maximum atomic E-state index is 12.8. The number of ketones is 1. The number of hydrogen-bond acceptors (Lipinski definition) is 5. The lowest BCUT2D eigenvalue weighted by molar-refractivity contribution is -0.134. The first kappa shape index (κ1) is 23.3. The molecule has 32 heavy (non-hydrogen) atoms. The fraction of sp³-hybridized carbons (Fsp3) is 0.333. The fourth-order valence-corrected chi connectivity index (χ4v) is 3.56. The summed E-state index contributed by atoms with van der Waals surface area (Å²) in [5.41, 5.74) is 1.19. The third kappa shape index (κ3) is 6.58. The maximum absolute atomic E-state index is 12.8. The second-order valence-corrected chi connectivity index (χ2v) is 7.80. The number of unbranched alkanes of at least 4 members (excludes halogenated alkanes) is 6. The molecule has 0 radical (unpaired) electrons. The van der Waals surface area contributed by atoms with Gasteiger partial charge in [0.2, 0.25) is 5.78 Å². The number of fused-ring (bicyclic) bond motifs is 1. The first-order valence-corrected chi connectivity index (χ1v) is 11.1. The van der Waals surface area contributed by atoms with E-state index < -0.39 is 0 Å². The minimum atomic E-state index is -0.282. The molecule has 1 aliphatic heterocycles. The largest absolute Gasteiger partial charge is 0.497 e. The second-order valence-electron chi connectivity index (χ2n) is 7.80. The van der Waals surface area contributed by atoms with Crippen molar-refractivity contribution >= 4 is 17.8 Å². The molecule has 0 saturated heterocycles. The van der Waals surface area contributed by atoms with Gasteiger partial charge in [-0.25, -0.2) is 0 Å². The van der Waals surface area contributed by atoms with Crippen molar-refractivity contribution in [3.8, 4) is 17.2 Å². The quantitative estimate of drug-likeness (QED) is 0.125. The van der Waals surface area contributed by atoms with Gasteiger partial charge in [0.15, 0.2) is 5.76 Å². The van der Waals surface area contributed by atoms with Crippen LogP contribution in [-0.4, -0.2) is 18.9 Å². The van der Waals surface area contributed by atoms with E-state index in [1.165, 1.54) is 19.3 Å². The van der Waals surface area contributed by atoms with Crippen molar-refractivity contribution in [3.05, 3.63) is 72.0 Å². The van der Waals surface area contributed by atoms with Gasteiger partial charge in [0.25, 0.3) is 0 Å². The fourth-order valence-electron chi connectivity index (χ4n) is 3.56. The molecular formula is C27H30O5. The lowest BCUT2D eigenvalue weighted by Crippen LogP contribution is -2.07. The van der Waals surface area contributed by atoms with Crippen LogP contribution in [-0.2, 0) is 4.79 Å². The first-order chi connectivity index (χ1) is 15.6. The van der Waals surface area contributed by atoms with E-state index in [0.29, 0.717) is 29.2 Å². The lowest BCUT2D eigenvalue weighted by Gasteiger charge is -2.05. The molecule has 0 spiro atoms. The van der Waals surface area contributed by atoms with Gasteiger partial charge in [0, 0.05) is 6.42 Å². The van der Waals surface area contributed by atoms with Crippen LogP contribution in [0, 0.1) is 0 Å². The summed E-state index contributed by atoms with van der Waals surface area (Å²) in [6, 6.07) is 12.2. The number of carbonyl (C=O) groups is 2. The number of carbonyl (C=O) groups excluding carboxylic acids is 2. The van der Waals surface area contributed by atoms with Gasteiger partial charge >= 0.3 is 5.97 Å². The van der Waals surface area contributed by atoms with Crippen LogP contribution >= 0.6 is 0 Å². The Morgan fingerprint density at radius 2 is 1.78 bits per heavy atom. The molecule has 0 aromatic heterocycles. The van der Waals surface area contributed by atoms with Crippen LogP contribution in [0.2, 0.25) is 0 Å². The highest BCUT2D eigenvalue weighted by Crippen LogP contribution is 2.35. The second kappa shape index (κ2) is 11.9. The first-order valence-electron chi connectivity index (χ1n) is 11.1. The van der Waals surface area contributed by atoms with Crippen LogP contribution in [0.3, 0.4) is 0 Å². The van der Waals surface area contributed by atoms with Crippen molar-refractivity contribution in [2.24, 2.45) is 0 Å². The van der Waals surface area contributed by atoms with Crippen LogP contribution in [0.25, 0.3) is 6.08 Å².